The second-order valence-corrected chi connectivity index (χ2v) is 6.06. The van der Waals surface area contributed by atoms with Gasteiger partial charge in [0.1, 0.15) is 0 Å². The van der Waals surface area contributed by atoms with E-state index in [1.54, 1.807) is 24.5 Å². The molecule has 24 heavy (non-hydrogen) atoms. The molecule has 1 aromatic heterocycles. The van der Waals surface area contributed by atoms with Crippen LogP contribution in [0.1, 0.15) is 36.3 Å². The van der Waals surface area contributed by atoms with E-state index in [4.69, 9.17) is 0 Å². The van der Waals surface area contributed by atoms with Crippen molar-refractivity contribution >= 4 is 17.5 Å². The van der Waals surface area contributed by atoms with E-state index in [1.807, 2.05) is 12.1 Å². The molecule has 3 rings (SSSR count). The van der Waals surface area contributed by atoms with Crippen LogP contribution in [0.2, 0.25) is 0 Å². The molecule has 0 bridgehead atoms. The van der Waals surface area contributed by atoms with Gasteiger partial charge in [-0.15, -0.1) is 0 Å². The van der Waals surface area contributed by atoms with Gasteiger partial charge in [-0.25, -0.2) is 0 Å². The third kappa shape index (κ3) is 4.19. The quantitative estimate of drug-likeness (QED) is 0.888. The molecule has 0 saturated carbocycles. The highest BCUT2D eigenvalue weighted by atomic mass is 16.2. The minimum Gasteiger partial charge on any atom is -0.347 e. The number of carbonyl (C=O) groups excluding carboxylic acids is 2. The second kappa shape index (κ2) is 7.73. The van der Waals surface area contributed by atoms with Crippen LogP contribution >= 0.6 is 0 Å². The minimum absolute atomic E-state index is 0.0257. The first-order chi connectivity index (χ1) is 11.7. The van der Waals surface area contributed by atoms with Gasteiger partial charge in [0, 0.05) is 12.6 Å². The van der Waals surface area contributed by atoms with Gasteiger partial charge >= 0.3 is 0 Å². The van der Waals surface area contributed by atoms with Crippen molar-refractivity contribution in [3.63, 3.8) is 0 Å². The van der Waals surface area contributed by atoms with Gasteiger partial charge in [-0.2, -0.15) is 0 Å². The Bertz CT molecular complexity index is 716. The highest BCUT2D eigenvalue weighted by molar-refractivity contribution is 5.94. The van der Waals surface area contributed by atoms with E-state index in [1.165, 1.54) is 11.1 Å². The molecule has 0 saturated heterocycles. The number of rotatable bonds is 5. The van der Waals surface area contributed by atoms with E-state index < -0.39 is 0 Å². The number of nitrogens with one attached hydrogen (secondary N) is 2. The lowest BCUT2D eigenvalue weighted by atomic mass is 9.81. The van der Waals surface area contributed by atoms with Gasteiger partial charge in [0.25, 0.3) is 0 Å². The van der Waals surface area contributed by atoms with Gasteiger partial charge in [0.2, 0.25) is 11.8 Å². The van der Waals surface area contributed by atoms with E-state index in [9.17, 15) is 9.59 Å². The Morgan fingerprint density at radius 3 is 2.83 bits per heavy atom. The summed E-state index contributed by atoms with van der Waals surface area (Å²) in [6.45, 7) is -0.0257. The highest BCUT2D eigenvalue weighted by Gasteiger charge is 2.22. The number of hydrogen-bond donors (Lipinski definition) is 2. The van der Waals surface area contributed by atoms with Gasteiger partial charge < -0.3 is 10.6 Å². The molecule has 1 aliphatic rings. The average molecular weight is 323 g/mol. The van der Waals surface area contributed by atoms with Crippen LogP contribution in [-0.4, -0.2) is 23.3 Å². The summed E-state index contributed by atoms with van der Waals surface area (Å²) in [5.41, 5.74) is 3.24. The molecule has 1 atom stereocenters. The Morgan fingerprint density at radius 2 is 2.00 bits per heavy atom. The van der Waals surface area contributed by atoms with Crippen molar-refractivity contribution in [2.45, 2.75) is 31.6 Å². The summed E-state index contributed by atoms with van der Waals surface area (Å²) in [4.78, 5) is 28.0. The Balaban J connectivity index is 1.49. The van der Waals surface area contributed by atoms with E-state index in [2.05, 4.69) is 27.8 Å². The molecule has 124 valence electrons. The molecule has 1 aliphatic carbocycles. The number of anilines is 1. The molecule has 5 nitrogen and oxygen atoms in total. The number of amides is 2. The molecule has 1 unspecified atom stereocenters. The third-order valence-electron chi connectivity index (χ3n) is 4.32. The maximum Gasteiger partial charge on any atom is 0.243 e. The Labute approximate surface area is 141 Å². The van der Waals surface area contributed by atoms with Crippen LogP contribution in [0.15, 0.2) is 48.8 Å². The second-order valence-electron chi connectivity index (χ2n) is 6.06. The summed E-state index contributed by atoms with van der Waals surface area (Å²) in [6, 6.07) is 11.8. The third-order valence-corrected chi connectivity index (χ3v) is 4.32. The number of benzene rings is 1. The van der Waals surface area contributed by atoms with E-state index in [0.717, 1.165) is 19.3 Å². The standard InChI is InChI=1S/C19H21N3O2/c23-18(21-13-19(24)22-16-8-4-10-20-12-16)11-15-7-3-6-14-5-1-2-9-17(14)15/h1-2,4-5,8-10,12,15H,3,6-7,11,13H2,(H,21,23)(H,22,24). The van der Waals surface area contributed by atoms with E-state index >= 15 is 0 Å². The smallest absolute Gasteiger partial charge is 0.243 e. The van der Waals surface area contributed by atoms with Gasteiger partial charge in [-0.1, -0.05) is 24.3 Å². The summed E-state index contributed by atoms with van der Waals surface area (Å²) in [5.74, 6) is -0.0882. The van der Waals surface area contributed by atoms with Crippen molar-refractivity contribution in [3.05, 3.63) is 59.9 Å². The first-order valence-electron chi connectivity index (χ1n) is 8.27. The van der Waals surface area contributed by atoms with Crippen molar-refractivity contribution in [2.24, 2.45) is 0 Å². The van der Waals surface area contributed by atoms with Gasteiger partial charge in [0.05, 0.1) is 18.4 Å². The van der Waals surface area contributed by atoms with Crippen LogP contribution in [0.25, 0.3) is 0 Å². The van der Waals surface area contributed by atoms with Crippen molar-refractivity contribution < 1.29 is 9.59 Å². The molecule has 0 fully saturated rings. The van der Waals surface area contributed by atoms with Gasteiger partial charge in [-0.3, -0.25) is 14.6 Å². The van der Waals surface area contributed by atoms with Crippen molar-refractivity contribution in [1.29, 1.82) is 0 Å². The molecule has 1 aromatic carbocycles. The number of nitrogens with zero attached hydrogens (tertiary/aromatic N) is 1. The lowest BCUT2D eigenvalue weighted by molar-refractivity contribution is -0.124. The van der Waals surface area contributed by atoms with Gasteiger partial charge in [-0.05, 0) is 48.4 Å². The Kier molecular flexibility index (Phi) is 5.21. The monoisotopic (exact) mass is 323 g/mol. The molecular formula is C19H21N3O2. The number of hydrogen-bond acceptors (Lipinski definition) is 3. The number of aromatic nitrogens is 1. The lowest BCUT2D eigenvalue weighted by Gasteiger charge is -2.25. The highest BCUT2D eigenvalue weighted by Crippen LogP contribution is 2.33. The molecule has 0 spiro atoms. The normalized spacial score (nSPS) is 16.1. The van der Waals surface area contributed by atoms with Gasteiger partial charge in [0.15, 0.2) is 0 Å². The van der Waals surface area contributed by atoms with Crippen LogP contribution in [0.5, 0.6) is 0 Å². The van der Waals surface area contributed by atoms with E-state index in [0.29, 0.717) is 12.1 Å². The summed E-state index contributed by atoms with van der Waals surface area (Å²) >= 11 is 0. The molecule has 5 heteroatoms. The molecular weight excluding hydrogens is 302 g/mol. The zero-order valence-electron chi connectivity index (χ0n) is 13.5. The summed E-state index contributed by atoms with van der Waals surface area (Å²) < 4.78 is 0. The fourth-order valence-corrected chi connectivity index (χ4v) is 3.18. The fraction of sp³-hybridized carbons (Fsp3) is 0.316. The van der Waals surface area contributed by atoms with Crippen LogP contribution in [0.4, 0.5) is 5.69 Å². The minimum atomic E-state index is -0.250. The van der Waals surface area contributed by atoms with Crippen LogP contribution in [-0.2, 0) is 16.0 Å². The largest absolute Gasteiger partial charge is 0.347 e. The number of fused-ring (bicyclic) bond motifs is 1. The predicted octanol–water partition coefficient (Wildman–Crippen LogP) is 2.65. The fourth-order valence-electron chi connectivity index (χ4n) is 3.18. The summed E-state index contributed by atoms with van der Waals surface area (Å²) in [5, 5.41) is 5.41. The van der Waals surface area contributed by atoms with Crippen LogP contribution < -0.4 is 10.6 Å². The average Bonchev–Trinajstić information content (AvgIpc) is 2.61. The number of aryl methyl sites for hydroxylation is 1. The van der Waals surface area contributed by atoms with Crippen molar-refractivity contribution in [3.8, 4) is 0 Å². The SMILES string of the molecule is O=C(CC1CCCc2ccccc21)NCC(=O)Nc1cccnc1. The van der Waals surface area contributed by atoms with Crippen LogP contribution in [0, 0.1) is 0 Å². The zero-order valence-corrected chi connectivity index (χ0v) is 13.5. The maximum atomic E-state index is 12.2. The number of pyridine rings is 1. The molecule has 2 N–H and O–H groups in total. The predicted molar refractivity (Wildman–Crippen MR) is 92.6 cm³/mol. The van der Waals surface area contributed by atoms with E-state index in [-0.39, 0.29) is 24.3 Å². The lowest BCUT2D eigenvalue weighted by Crippen LogP contribution is -2.33. The summed E-state index contributed by atoms with van der Waals surface area (Å²) in [7, 11) is 0. The molecule has 2 amide bonds. The maximum absolute atomic E-state index is 12.2. The molecule has 0 radical (unpaired) electrons. The molecule has 1 heterocycles. The van der Waals surface area contributed by atoms with Crippen molar-refractivity contribution in [1.82, 2.24) is 10.3 Å². The molecule has 2 aromatic rings. The topological polar surface area (TPSA) is 71.1 Å². The first kappa shape index (κ1) is 16.2. The molecule has 0 aliphatic heterocycles. The zero-order chi connectivity index (χ0) is 16.8. The van der Waals surface area contributed by atoms with Crippen molar-refractivity contribution in [2.75, 3.05) is 11.9 Å². The summed E-state index contributed by atoms with van der Waals surface area (Å²) in [6.07, 6.45) is 6.85. The Hall–Kier alpha value is -2.69. The van der Waals surface area contributed by atoms with Crippen LogP contribution in [0.3, 0.4) is 0 Å². The number of carbonyl (C=O) groups is 2. The Morgan fingerprint density at radius 1 is 1.12 bits per heavy atom. The first-order valence-corrected chi connectivity index (χ1v) is 8.27.